The minimum absolute atomic E-state index is 0.192. The number of hydrogen-bond donors (Lipinski definition) is 1. The molecule has 2 nitrogen and oxygen atoms in total. The molecule has 60 valence electrons. The summed E-state index contributed by atoms with van der Waals surface area (Å²) < 4.78 is 11.8. The number of rotatable bonds is 3. The van der Waals surface area contributed by atoms with Crippen LogP contribution in [-0.4, -0.2) is 11.7 Å². The van der Waals surface area contributed by atoms with E-state index in [1.165, 1.54) is 0 Å². The zero-order chi connectivity index (χ0) is 8.10. The van der Waals surface area contributed by atoms with Crippen molar-refractivity contribution in [2.45, 2.75) is 12.5 Å². The summed E-state index contributed by atoms with van der Waals surface area (Å²) >= 11 is 0. The molecule has 0 spiro atoms. The first-order chi connectivity index (χ1) is 5.34. The minimum atomic E-state index is -0.372. The fourth-order valence-corrected chi connectivity index (χ4v) is 0.895. The molecule has 0 unspecified atom stereocenters. The Morgan fingerprint density at radius 3 is 2.64 bits per heavy atom. The Labute approximate surface area is 65.3 Å². The number of halogens is 1. The number of hydrogen-bond acceptors (Lipinski definition) is 2. The van der Waals surface area contributed by atoms with Gasteiger partial charge in [-0.1, -0.05) is 0 Å². The summed E-state index contributed by atoms with van der Waals surface area (Å²) in [4.78, 5) is 3.84. The second-order valence-corrected chi connectivity index (χ2v) is 2.36. The molecular formula is C8H11FN2. The molecule has 2 N–H and O–H groups in total. The number of nitrogens with zero attached hydrogens (tertiary/aromatic N) is 1. The van der Waals surface area contributed by atoms with Gasteiger partial charge in [-0.25, -0.2) is 0 Å². The predicted octanol–water partition coefficient (Wildman–Crippen LogP) is 1.44. The average molecular weight is 154 g/mol. The summed E-state index contributed by atoms with van der Waals surface area (Å²) in [5, 5.41) is 0. The molecule has 0 aliphatic heterocycles. The van der Waals surface area contributed by atoms with Crippen molar-refractivity contribution < 1.29 is 4.39 Å². The summed E-state index contributed by atoms with van der Waals surface area (Å²) in [5.41, 5.74) is 6.58. The topological polar surface area (TPSA) is 38.9 Å². The first-order valence-electron chi connectivity index (χ1n) is 3.56. The highest BCUT2D eigenvalue weighted by atomic mass is 19.1. The molecule has 1 aromatic rings. The molecule has 0 aromatic carbocycles. The van der Waals surface area contributed by atoms with Crippen LogP contribution in [0.3, 0.4) is 0 Å². The first-order valence-corrected chi connectivity index (χ1v) is 3.56. The quantitative estimate of drug-likeness (QED) is 0.715. The number of alkyl halides is 1. The molecule has 0 bridgehead atoms. The van der Waals surface area contributed by atoms with Gasteiger partial charge in [-0.3, -0.25) is 9.37 Å². The fourth-order valence-electron chi connectivity index (χ4n) is 0.895. The van der Waals surface area contributed by atoms with E-state index in [1.54, 1.807) is 24.5 Å². The van der Waals surface area contributed by atoms with Crippen molar-refractivity contribution in [3.8, 4) is 0 Å². The summed E-state index contributed by atoms with van der Waals surface area (Å²) in [7, 11) is 0. The maximum absolute atomic E-state index is 11.8. The van der Waals surface area contributed by atoms with Crippen molar-refractivity contribution in [2.24, 2.45) is 5.73 Å². The molecule has 0 aliphatic rings. The van der Waals surface area contributed by atoms with Gasteiger partial charge in [0.1, 0.15) is 0 Å². The molecular weight excluding hydrogens is 143 g/mol. The van der Waals surface area contributed by atoms with E-state index in [9.17, 15) is 4.39 Å². The molecule has 0 saturated heterocycles. The number of nitrogens with two attached hydrogens (primary N) is 1. The Balaban J connectivity index is 2.61. The largest absolute Gasteiger partial charge is 0.324 e. The van der Waals surface area contributed by atoms with Gasteiger partial charge in [0.25, 0.3) is 0 Å². The van der Waals surface area contributed by atoms with Gasteiger partial charge in [0.15, 0.2) is 0 Å². The molecule has 0 saturated carbocycles. The molecule has 11 heavy (non-hydrogen) atoms. The van der Waals surface area contributed by atoms with E-state index in [-0.39, 0.29) is 12.7 Å². The van der Waals surface area contributed by atoms with E-state index in [2.05, 4.69) is 4.98 Å². The molecule has 1 aromatic heterocycles. The summed E-state index contributed by atoms with van der Waals surface area (Å²) in [6, 6.07) is 3.42. The van der Waals surface area contributed by atoms with Crippen molar-refractivity contribution in [3.63, 3.8) is 0 Å². The molecule has 3 heteroatoms. The maximum atomic E-state index is 11.8. The third-order valence-electron chi connectivity index (χ3n) is 1.55. The molecule has 0 radical (unpaired) electrons. The Morgan fingerprint density at radius 1 is 1.45 bits per heavy atom. The predicted molar refractivity (Wildman–Crippen MR) is 41.8 cm³/mol. The van der Waals surface area contributed by atoms with Crippen molar-refractivity contribution in [2.75, 3.05) is 6.67 Å². The lowest BCUT2D eigenvalue weighted by Crippen LogP contribution is -2.10. The lowest BCUT2D eigenvalue weighted by molar-refractivity contribution is 0.442. The molecule has 0 fully saturated rings. The second kappa shape index (κ2) is 4.03. The normalized spacial score (nSPS) is 12.9. The third-order valence-corrected chi connectivity index (χ3v) is 1.55. The smallest absolute Gasteiger partial charge is 0.0912 e. The first kappa shape index (κ1) is 8.14. The molecule has 1 rings (SSSR count). The van der Waals surface area contributed by atoms with E-state index in [0.717, 1.165) is 5.56 Å². The zero-order valence-corrected chi connectivity index (χ0v) is 6.20. The summed E-state index contributed by atoms with van der Waals surface area (Å²) in [6.45, 7) is -0.372. The van der Waals surface area contributed by atoms with E-state index >= 15 is 0 Å². The van der Waals surface area contributed by atoms with Crippen LogP contribution >= 0.6 is 0 Å². The van der Waals surface area contributed by atoms with Crippen LogP contribution < -0.4 is 5.73 Å². The third kappa shape index (κ3) is 2.27. The second-order valence-electron chi connectivity index (χ2n) is 2.36. The SMILES string of the molecule is N[C@@H](CCF)c1ccncc1. The molecule has 0 amide bonds. The van der Waals surface area contributed by atoms with Crippen LogP contribution in [0.15, 0.2) is 24.5 Å². The monoisotopic (exact) mass is 154 g/mol. The van der Waals surface area contributed by atoms with E-state index in [4.69, 9.17) is 5.73 Å². The highest BCUT2D eigenvalue weighted by Gasteiger charge is 2.03. The van der Waals surface area contributed by atoms with Crippen LogP contribution in [0.25, 0.3) is 0 Å². The molecule has 0 aliphatic carbocycles. The van der Waals surface area contributed by atoms with Crippen LogP contribution in [0, 0.1) is 0 Å². The van der Waals surface area contributed by atoms with E-state index in [1.807, 2.05) is 0 Å². The molecule has 1 atom stereocenters. The lowest BCUT2D eigenvalue weighted by Gasteiger charge is -2.07. The lowest BCUT2D eigenvalue weighted by atomic mass is 10.1. The highest BCUT2D eigenvalue weighted by Crippen LogP contribution is 2.11. The van der Waals surface area contributed by atoms with Gasteiger partial charge >= 0.3 is 0 Å². The van der Waals surface area contributed by atoms with Crippen molar-refractivity contribution in [1.82, 2.24) is 4.98 Å². The van der Waals surface area contributed by atoms with Crippen LogP contribution in [0.4, 0.5) is 4.39 Å². The van der Waals surface area contributed by atoms with Crippen molar-refractivity contribution in [1.29, 1.82) is 0 Å². The van der Waals surface area contributed by atoms with Crippen molar-refractivity contribution in [3.05, 3.63) is 30.1 Å². The minimum Gasteiger partial charge on any atom is -0.324 e. The summed E-state index contributed by atoms with van der Waals surface area (Å²) in [6.07, 6.45) is 3.70. The maximum Gasteiger partial charge on any atom is 0.0912 e. The average Bonchev–Trinajstić information content (AvgIpc) is 2.07. The van der Waals surface area contributed by atoms with Crippen LogP contribution in [0.1, 0.15) is 18.0 Å². The zero-order valence-electron chi connectivity index (χ0n) is 6.20. The highest BCUT2D eigenvalue weighted by molar-refractivity contribution is 5.13. The van der Waals surface area contributed by atoms with Crippen molar-refractivity contribution >= 4 is 0 Å². The molecule has 1 heterocycles. The number of aromatic nitrogens is 1. The van der Waals surface area contributed by atoms with Gasteiger partial charge in [-0.2, -0.15) is 0 Å². The summed E-state index contributed by atoms with van der Waals surface area (Å²) in [5.74, 6) is 0. The van der Waals surface area contributed by atoms with Crippen LogP contribution in [-0.2, 0) is 0 Å². The Hall–Kier alpha value is -0.960. The van der Waals surface area contributed by atoms with Gasteiger partial charge in [0.05, 0.1) is 6.67 Å². The standard InChI is InChI=1S/C8H11FN2/c9-4-1-8(10)7-2-5-11-6-3-7/h2-3,5-6,8H,1,4,10H2/t8-/m0/s1. The fraction of sp³-hybridized carbons (Fsp3) is 0.375. The van der Waals surface area contributed by atoms with Gasteiger partial charge in [0.2, 0.25) is 0 Å². The van der Waals surface area contributed by atoms with Gasteiger partial charge in [0, 0.05) is 18.4 Å². The Bertz CT molecular complexity index is 201. The van der Waals surface area contributed by atoms with E-state index < -0.39 is 0 Å². The van der Waals surface area contributed by atoms with Gasteiger partial charge < -0.3 is 5.73 Å². The van der Waals surface area contributed by atoms with E-state index in [0.29, 0.717) is 6.42 Å². The Morgan fingerprint density at radius 2 is 2.09 bits per heavy atom. The Kier molecular flexibility index (Phi) is 2.98. The van der Waals surface area contributed by atoms with Gasteiger partial charge in [-0.05, 0) is 24.1 Å². The van der Waals surface area contributed by atoms with Gasteiger partial charge in [-0.15, -0.1) is 0 Å². The number of pyridine rings is 1. The van der Waals surface area contributed by atoms with Crippen LogP contribution in [0.5, 0.6) is 0 Å². The van der Waals surface area contributed by atoms with Crippen LogP contribution in [0.2, 0.25) is 0 Å².